The maximum Gasteiger partial charge on any atom is 0.245 e. The van der Waals surface area contributed by atoms with Gasteiger partial charge in [-0.2, -0.15) is 0 Å². The summed E-state index contributed by atoms with van der Waals surface area (Å²) >= 11 is 1.77. The highest BCUT2D eigenvalue weighted by atomic mass is 32.1. The first-order valence-corrected chi connectivity index (χ1v) is 8.59. The zero-order valence-electron chi connectivity index (χ0n) is 13.3. The largest absolute Gasteiger partial charge is 0.378 e. The number of carbonyl (C=O) groups is 2. The molecule has 5 nitrogen and oxygen atoms in total. The maximum atomic E-state index is 12.2. The Morgan fingerprint density at radius 3 is 2.73 bits per heavy atom. The van der Waals surface area contributed by atoms with E-state index in [1.54, 1.807) is 23.2 Å². The minimum absolute atomic E-state index is 0.0227. The lowest BCUT2D eigenvalue weighted by Gasteiger charge is -2.29. The van der Waals surface area contributed by atoms with Gasteiger partial charge in [0.05, 0.1) is 13.2 Å². The second-order valence-electron chi connectivity index (χ2n) is 5.59. The predicted octanol–water partition coefficient (Wildman–Crippen LogP) is 1.74. The van der Waals surface area contributed by atoms with Gasteiger partial charge in [0.1, 0.15) is 6.04 Å². The summed E-state index contributed by atoms with van der Waals surface area (Å²) in [5, 5.41) is 2.80. The number of nitrogens with zero attached hydrogens (tertiary/aromatic N) is 1. The number of hydrogen-bond acceptors (Lipinski definition) is 4. The fourth-order valence-electron chi connectivity index (χ4n) is 2.48. The first-order valence-electron chi connectivity index (χ1n) is 7.77. The molecule has 2 amide bonds. The van der Waals surface area contributed by atoms with Gasteiger partial charge >= 0.3 is 0 Å². The van der Waals surface area contributed by atoms with Crippen LogP contribution in [0, 0.1) is 6.92 Å². The molecule has 2 heterocycles. The normalized spacial score (nSPS) is 16.4. The van der Waals surface area contributed by atoms with Crippen LogP contribution in [-0.4, -0.2) is 49.1 Å². The quantitative estimate of drug-likeness (QED) is 0.867. The van der Waals surface area contributed by atoms with Gasteiger partial charge in [-0.15, -0.1) is 11.3 Å². The Hall–Kier alpha value is -1.40. The molecule has 1 unspecified atom stereocenters. The summed E-state index contributed by atoms with van der Waals surface area (Å²) < 4.78 is 5.23. The van der Waals surface area contributed by atoms with Gasteiger partial charge in [-0.3, -0.25) is 9.59 Å². The number of nitrogens with one attached hydrogen (secondary N) is 1. The molecule has 2 rings (SSSR count). The van der Waals surface area contributed by atoms with Crippen LogP contribution in [0.25, 0.3) is 0 Å². The molecule has 122 valence electrons. The number of aryl methyl sites for hydroxylation is 2. The Balaban J connectivity index is 1.68. The molecule has 22 heavy (non-hydrogen) atoms. The van der Waals surface area contributed by atoms with Crippen LogP contribution in [0.4, 0.5) is 0 Å². The second-order valence-corrected chi connectivity index (χ2v) is 6.97. The summed E-state index contributed by atoms with van der Waals surface area (Å²) in [6.07, 6.45) is 2.18. The summed E-state index contributed by atoms with van der Waals surface area (Å²) in [7, 11) is 0. The topological polar surface area (TPSA) is 58.6 Å². The first-order chi connectivity index (χ1) is 10.6. The Labute approximate surface area is 135 Å². The molecule has 1 atom stereocenters. The van der Waals surface area contributed by atoms with E-state index in [9.17, 15) is 9.59 Å². The van der Waals surface area contributed by atoms with Crippen molar-refractivity contribution in [3.8, 4) is 0 Å². The molecule has 1 N–H and O–H groups in total. The van der Waals surface area contributed by atoms with Gasteiger partial charge < -0.3 is 15.0 Å². The minimum atomic E-state index is -0.463. The van der Waals surface area contributed by atoms with Gasteiger partial charge in [0.15, 0.2) is 0 Å². The predicted molar refractivity (Wildman–Crippen MR) is 87.0 cm³/mol. The molecular weight excluding hydrogens is 300 g/mol. The zero-order valence-corrected chi connectivity index (χ0v) is 14.1. The fraction of sp³-hybridized carbons (Fsp3) is 0.625. The number of rotatable bonds is 6. The fourth-order valence-corrected chi connectivity index (χ4v) is 3.41. The lowest BCUT2D eigenvalue weighted by molar-refractivity contribution is -0.139. The molecule has 0 bridgehead atoms. The van der Waals surface area contributed by atoms with Gasteiger partial charge in [0, 0.05) is 29.3 Å². The molecule has 0 aromatic carbocycles. The zero-order chi connectivity index (χ0) is 15.9. The summed E-state index contributed by atoms with van der Waals surface area (Å²) in [6.45, 7) is 6.20. The van der Waals surface area contributed by atoms with Crippen LogP contribution < -0.4 is 5.32 Å². The number of thiophene rings is 1. The van der Waals surface area contributed by atoms with E-state index in [-0.39, 0.29) is 11.8 Å². The van der Waals surface area contributed by atoms with Crippen LogP contribution in [0.2, 0.25) is 0 Å². The van der Waals surface area contributed by atoms with E-state index in [2.05, 4.69) is 24.4 Å². The Morgan fingerprint density at radius 2 is 2.09 bits per heavy atom. The van der Waals surface area contributed by atoms with Crippen LogP contribution in [0.5, 0.6) is 0 Å². The van der Waals surface area contributed by atoms with Crippen molar-refractivity contribution in [1.29, 1.82) is 0 Å². The van der Waals surface area contributed by atoms with Crippen LogP contribution in [0.3, 0.4) is 0 Å². The van der Waals surface area contributed by atoms with Crippen molar-refractivity contribution in [1.82, 2.24) is 10.2 Å². The van der Waals surface area contributed by atoms with Gasteiger partial charge in [0.2, 0.25) is 11.8 Å². The Morgan fingerprint density at radius 1 is 1.36 bits per heavy atom. The lowest BCUT2D eigenvalue weighted by Crippen LogP contribution is -2.50. The van der Waals surface area contributed by atoms with Crippen molar-refractivity contribution in [2.45, 2.75) is 39.2 Å². The van der Waals surface area contributed by atoms with E-state index in [0.29, 0.717) is 32.7 Å². The molecule has 0 spiro atoms. The van der Waals surface area contributed by atoms with Crippen molar-refractivity contribution < 1.29 is 14.3 Å². The number of amides is 2. The van der Waals surface area contributed by atoms with Crippen molar-refractivity contribution in [3.05, 3.63) is 21.9 Å². The van der Waals surface area contributed by atoms with Gasteiger partial charge in [-0.1, -0.05) is 0 Å². The molecule has 1 fully saturated rings. The van der Waals surface area contributed by atoms with Gasteiger partial charge in [-0.05, 0) is 38.8 Å². The molecule has 1 aliphatic heterocycles. The number of morpholine rings is 1. The van der Waals surface area contributed by atoms with Crippen molar-refractivity contribution in [2.24, 2.45) is 0 Å². The summed E-state index contributed by atoms with van der Waals surface area (Å²) in [4.78, 5) is 28.5. The lowest BCUT2D eigenvalue weighted by atomic mass is 10.2. The van der Waals surface area contributed by atoms with Crippen molar-refractivity contribution in [3.63, 3.8) is 0 Å². The SMILES string of the molecule is Cc1ccc(CCCC(=O)NC(C)C(=O)N2CCOCC2)s1. The molecule has 1 aliphatic rings. The third kappa shape index (κ3) is 5.10. The highest BCUT2D eigenvalue weighted by molar-refractivity contribution is 7.11. The third-order valence-corrected chi connectivity index (χ3v) is 4.75. The van der Waals surface area contributed by atoms with E-state index < -0.39 is 6.04 Å². The van der Waals surface area contributed by atoms with E-state index >= 15 is 0 Å². The highest BCUT2D eigenvalue weighted by Crippen LogP contribution is 2.17. The molecule has 1 aromatic rings. The standard InChI is InChI=1S/C16H24N2O3S/c1-12-6-7-14(22-12)4-3-5-15(19)17-13(2)16(20)18-8-10-21-11-9-18/h6-7,13H,3-5,8-11H2,1-2H3,(H,17,19). The minimum Gasteiger partial charge on any atom is -0.378 e. The van der Waals surface area contributed by atoms with E-state index in [1.165, 1.54) is 9.75 Å². The van der Waals surface area contributed by atoms with E-state index in [1.807, 2.05) is 0 Å². The van der Waals surface area contributed by atoms with E-state index in [0.717, 1.165) is 12.8 Å². The first kappa shape index (κ1) is 17.0. The average Bonchev–Trinajstić information content (AvgIpc) is 2.92. The summed E-state index contributed by atoms with van der Waals surface area (Å²) in [6, 6.07) is 3.75. The summed E-state index contributed by atoms with van der Waals surface area (Å²) in [5.41, 5.74) is 0. The number of hydrogen-bond donors (Lipinski definition) is 1. The monoisotopic (exact) mass is 324 g/mol. The average molecular weight is 324 g/mol. The Bertz CT molecular complexity index is 509. The van der Waals surface area contributed by atoms with Crippen molar-refractivity contribution >= 4 is 23.2 Å². The van der Waals surface area contributed by atoms with Gasteiger partial charge in [0.25, 0.3) is 0 Å². The molecule has 1 saturated heterocycles. The molecular formula is C16H24N2O3S. The van der Waals surface area contributed by atoms with Crippen LogP contribution in [0.1, 0.15) is 29.5 Å². The molecule has 1 aromatic heterocycles. The van der Waals surface area contributed by atoms with Crippen LogP contribution in [0.15, 0.2) is 12.1 Å². The second kappa shape index (κ2) is 8.29. The number of carbonyl (C=O) groups excluding carboxylic acids is 2. The third-order valence-electron chi connectivity index (χ3n) is 3.69. The molecule has 6 heteroatoms. The van der Waals surface area contributed by atoms with Crippen molar-refractivity contribution in [2.75, 3.05) is 26.3 Å². The van der Waals surface area contributed by atoms with Crippen LogP contribution in [-0.2, 0) is 20.7 Å². The van der Waals surface area contributed by atoms with E-state index in [4.69, 9.17) is 4.74 Å². The summed E-state index contributed by atoms with van der Waals surface area (Å²) in [5.74, 6) is -0.0760. The van der Waals surface area contributed by atoms with Gasteiger partial charge in [-0.25, -0.2) is 0 Å². The smallest absolute Gasteiger partial charge is 0.245 e. The number of ether oxygens (including phenoxy) is 1. The molecule has 0 radical (unpaired) electrons. The highest BCUT2D eigenvalue weighted by Gasteiger charge is 2.23. The molecule has 0 aliphatic carbocycles. The maximum absolute atomic E-state index is 12.2. The van der Waals surface area contributed by atoms with Crippen LogP contribution >= 0.6 is 11.3 Å². The molecule has 0 saturated carbocycles. The Kier molecular flexibility index (Phi) is 6.39.